The molecule has 1 aromatic heterocycles. The van der Waals surface area contributed by atoms with E-state index in [2.05, 4.69) is 9.97 Å². The van der Waals surface area contributed by atoms with Crippen molar-refractivity contribution in [3.63, 3.8) is 0 Å². The molecule has 0 bridgehead atoms. The van der Waals surface area contributed by atoms with Crippen LogP contribution in [0, 0.1) is 0 Å². The van der Waals surface area contributed by atoms with Gasteiger partial charge in [0.05, 0.1) is 29.1 Å². The molecular formula is C18H16Cl2N2O3. The Labute approximate surface area is 155 Å². The van der Waals surface area contributed by atoms with Gasteiger partial charge in [-0.2, -0.15) is 0 Å². The Balaban J connectivity index is 1.38. The Morgan fingerprint density at radius 1 is 0.800 bits per heavy atom. The maximum absolute atomic E-state index is 6.04. The van der Waals surface area contributed by atoms with Crippen molar-refractivity contribution in [3.8, 4) is 11.6 Å². The monoisotopic (exact) mass is 378 g/mol. The summed E-state index contributed by atoms with van der Waals surface area (Å²) in [5, 5.41) is 1.75. The molecule has 0 N–H and O–H groups in total. The van der Waals surface area contributed by atoms with Gasteiger partial charge in [-0.3, -0.25) is 0 Å². The lowest BCUT2D eigenvalue weighted by atomic mass is 10.2. The molecule has 0 saturated carbocycles. The SMILES string of the molecule is Clc1cccc(OCCOCCOc2ncnc3ccccc23)c1Cl. The van der Waals surface area contributed by atoms with Crippen molar-refractivity contribution in [2.45, 2.75) is 0 Å². The number of para-hydroxylation sites is 1. The van der Waals surface area contributed by atoms with Crippen molar-refractivity contribution < 1.29 is 14.2 Å². The van der Waals surface area contributed by atoms with Crippen LogP contribution >= 0.6 is 23.2 Å². The number of halogens is 2. The van der Waals surface area contributed by atoms with E-state index in [1.807, 2.05) is 24.3 Å². The first-order chi connectivity index (χ1) is 12.3. The summed E-state index contributed by atoms with van der Waals surface area (Å²) in [5.74, 6) is 1.10. The quantitative estimate of drug-likeness (QED) is 0.543. The number of fused-ring (bicyclic) bond motifs is 1. The molecule has 0 aliphatic heterocycles. The Hall–Kier alpha value is -2.08. The molecule has 3 aromatic rings. The molecule has 3 rings (SSSR count). The zero-order valence-electron chi connectivity index (χ0n) is 13.3. The molecule has 2 aromatic carbocycles. The summed E-state index contributed by atoms with van der Waals surface area (Å²) in [6.07, 6.45) is 1.49. The first-order valence-electron chi connectivity index (χ1n) is 7.73. The fraction of sp³-hybridized carbons (Fsp3) is 0.222. The van der Waals surface area contributed by atoms with Crippen molar-refractivity contribution >= 4 is 34.1 Å². The largest absolute Gasteiger partial charge is 0.490 e. The molecule has 0 amide bonds. The number of aromatic nitrogens is 2. The van der Waals surface area contributed by atoms with E-state index in [4.69, 9.17) is 37.4 Å². The maximum atomic E-state index is 6.04. The lowest BCUT2D eigenvalue weighted by Gasteiger charge is -2.10. The molecule has 0 spiro atoms. The van der Waals surface area contributed by atoms with E-state index in [0.717, 1.165) is 10.9 Å². The molecular weight excluding hydrogens is 363 g/mol. The minimum Gasteiger partial charge on any atom is -0.490 e. The minimum atomic E-state index is 0.372. The summed E-state index contributed by atoms with van der Waals surface area (Å²) in [5.41, 5.74) is 0.847. The zero-order chi connectivity index (χ0) is 17.5. The summed E-state index contributed by atoms with van der Waals surface area (Å²) >= 11 is 12.0. The smallest absolute Gasteiger partial charge is 0.224 e. The fourth-order valence-electron chi connectivity index (χ4n) is 2.20. The van der Waals surface area contributed by atoms with Gasteiger partial charge in [0.25, 0.3) is 0 Å². The van der Waals surface area contributed by atoms with Crippen LogP contribution in [0.25, 0.3) is 10.9 Å². The molecule has 0 aliphatic rings. The summed E-state index contributed by atoms with van der Waals surface area (Å²) in [6, 6.07) is 12.9. The van der Waals surface area contributed by atoms with Crippen LogP contribution in [0.5, 0.6) is 11.6 Å². The van der Waals surface area contributed by atoms with Crippen LogP contribution in [-0.2, 0) is 4.74 Å². The van der Waals surface area contributed by atoms with Crippen LogP contribution in [0.1, 0.15) is 0 Å². The van der Waals surface area contributed by atoms with Crippen LogP contribution in [0.4, 0.5) is 0 Å². The highest BCUT2D eigenvalue weighted by Crippen LogP contribution is 2.31. The Morgan fingerprint density at radius 3 is 2.48 bits per heavy atom. The van der Waals surface area contributed by atoms with Crippen molar-refractivity contribution in [2.24, 2.45) is 0 Å². The van der Waals surface area contributed by atoms with Crippen LogP contribution in [0.3, 0.4) is 0 Å². The second kappa shape index (κ2) is 8.85. The standard InChI is InChI=1S/C18H16Cl2N2O3/c19-14-5-3-7-16(17(14)20)24-10-8-23-9-11-25-18-13-4-1-2-6-15(13)21-12-22-18/h1-7,12H,8-11H2. The Bertz CT molecular complexity index is 840. The predicted octanol–water partition coefficient (Wildman–Crippen LogP) is 4.41. The average molecular weight is 379 g/mol. The van der Waals surface area contributed by atoms with Crippen molar-refractivity contribution in [1.82, 2.24) is 9.97 Å². The Kier molecular flexibility index (Phi) is 6.28. The van der Waals surface area contributed by atoms with Gasteiger partial charge in [-0.1, -0.05) is 41.4 Å². The van der Waals surface area contributed by atoms with Crippen molar-refractivity contribution in [3.05, 3.63) is 58.8 Å². The number of rotatable bonds is 8. The van der Waals surface area contributed by atoms with E-state index in [-0.39, 0.29) is 0 Å². The Morgan fingerprint density at radius 2 is 1.60 bits per heavy atom. The topological polar surface area (TPSA) is 53.5 Å². The van der Waals surface area contributed by atoms with Gasteiger partial charge in [-0.05, 0) is 24.3 Å². The third-order valence-electron chi connectivity index (χ3n) is 3.37. The van der Waals surface area contributed by atoms with Gasteiger partial charge in [-0.15, -0.1) is 0 Å². The third kappa shape index (κ3) is 4.72. The van der Waals surface area contributed by atoms with Crippen molar-refractivity contribution in [1.29, 1.82) is 0 Å². The third-order valence-corrected chi connectivity index (χ3v) is 4.18. The summed E-state index contributed by atoms with van der Waals surface area (Å²) in [4.78, 5) is 8.35. The van der Waals surface area contributed by atoms with Crippen molar-refractivity contribution in [2.75, 3.05) is 26.4 Å². The number of benzene rings is 2. The molecule has 0 radical (unpaired) electrons. The van der Waals surface area contributed by atoms with E-state index in [1.165, 1.54) is 6.33 Å². The molecule has 0 unspecified atom stereocenters. The molecule has 7 heteroatoms. The molecule has 130 valence electrons. The summed E-state index contributed by atoms with van der Waals surface area (Å²) in [6.45, 7) is 1.59. The second-order valence-electron chi connectivity index (χ2n) is 5.06. The number of hydrogen-bond donors (Lipinski definition) is 0. The lowest BCUT2D eigenvalue weighted by molar-refractivity contribution is 0.0757. The lowest BCUT2D eigenvalue weighted by Crippen LogP contribution is -2.12. The maximum Gasteiger partial charge on any atom is 0.224 e. The highest BCUT2D eigenvalue weighted by molar-refractivity contribution is 6.42. The summed E-state index contributed by atoms with van der Waals surface area (Å²) in [7, 11) is 0. The highest BCUT2D eigenvalue weighted by atomic mass is 35.5. The predicted molar refractivity (Wildman–Crippen MR) is 97.8 cm³/mol. The molecule has 0 fully saturated rings. The van der Waals surface area contributed by atoms with E-state index >= 15 is 0 Å². The summed E-state index contributed by atoms with van der Waals surface area (Å²) < 4.78 is 16.7. The molecule has 25 heavy (non-hydrogen) atoms. The average Bonchev–Trinajstić information content (AvgIpc) is 2.64. The van der Waals surface area contributed by atoms with E-state index in [0.29, 0.717) is 48.1 Å². The van der Waals surface area contributed by atoms with Gasteiger partial charge in [0, 0.05) is 0 Å². The minimum absolute atomic E-state index is 0.372. The van der Waals surface area contributed by atoms with Crippen LogP contribution in [0.2, 0.25) is 10.0 Å². The second-order valence-corrected chi connectivity index (χ2v) is 5.84. The van der Waals surface area contributed by atoms with Crippen LogP contribution in [-0.4, -0.2) is 36.4 Å². The van der Waals surface area contributed by atoms with E-state index in [9.17, 15) is 0 Å². The van der Waals surface area contributed by atoms with Crippen LogP contribution < -0.4 is 9.47 Å². The van der Waals surface area contributed by atoms with Crippen LogP contribution in [0.15, 0.2) is 48.8 Å². The van der Waals surface area contributed by atoms with Gasteiger partial charge in [0.1, 0.15) is 30.3 Å². The van der Waals surface area contributed by atoms with Gasteiger partial charge >= 0.3 is 0 Å². The fourth-order valence-corrected chi connectivity index (χ4v) is 2.55. The normalized spacial score (nSPS) is 10.8. The molecule has 0 atom stereocenters. The molecule has 5 nitrogen and oxygen atoms in total. The van der Waals surface area contributed by atoms with E-state index < -0.39 is 0 Å². The van der Waals surface area contributed by atoms with Gasteiger partial charge < -0.3 is 14.2 Å². The number of hydrogen-bond acceptors (Lipinski definition) is 5. The molecule has 0 saturated heterocycles. The first kappa shape index (κ1) is 17.7. The first-order valence-corrected chi connectivity index (χ1v) is 8.48. The number of ether oxygens (including phenoxy) is 3. The van der Waals surface area contributed by atoms with Gasteiger partial charge in [0.15, 0.2) is 0 Å². The molecule has 0 aliphatic carbocycles. The molecule has 1 heterocycles. The zero-order valence-corrected chi connectivity index (χ0v) is 14.8. The number of nitrogens with zero attached hydrogens (tertiary/aromatic N) is 2. The highest BCUT2D eigenvalue weighted by Gasteiger charge is 2.05. The van der Waals surface area contributed by atoms with E-state index in [1.54, 1.807) is 18.2 Å². The van der Waals surface area contributed by atoms with Gasteiger partial charge in [-0.25, -0.2) is 9.97 Å². The van der Waals surface area contributed by atoms with Gasteiger partial charge in [0.2, 0.25) is 5.88 Å².